The van der Waals surface area contributed by atoms with Crippen molar-refractivity contribution in [2.75, 3.05) is 54.4 Å². The van der Waals surface area contributed by atoms with Crippen molar-refractivity contribution < 1.29 is 36.9 Å². The van der Waals surface area contributed by atoms with Gasteiger partial charge in [-0.2, -0.15) is 5.26 Å². The monoisotopic (exact) mass is 608 g/mol. The van der Waals surface area contributed by atoms with Crippen molar-refractivity contribution in [1.29, 1.82) is 5.26 Å². The molecule has 228 valence electrons. The summed E-state index contributed by atoms with van der Waals surface area (Å²) in [5.41, 5.74) is -1.27. The molecule has 1 aromatic heterocycles. The summed E-state index contributed by atoms with van der Waals surface area (Å²) >= 11 is 0. The number of hydrogen-bond acceptors (Lipinski definition) is 12. The lowest BCUT2D eigenvalue weighted by molar-refractivity contribution is -0.0969. The van der Waals surface area contributed by atoms with Gasteiger partial charge in [0.25, 0.3) is 14.1 Å². The second-order valence-electron chi connectivity index (χ2n) is 8.80. The maximum atomic E-state index is 12.7. The molecule has 0 spiro atoms. The Morgan fingerprint density at radius 3 is 2.30 bits per heavy atom. The van der Waals surface area contributed by atoms with Crippen LogP contribution in [0.25, 0.3) is 0 Å². The van der Waals surface area contributed by atoms with Crippen molar-refractivity contribution in [2.45, 2.75) is 58.5 Å². The van der Waals surface area contributed by atoms with Gasteiger partial charge < -0.3 is 32.3 Å². The summed E-state index contributed by atoms with van der Waals surface area (Å²) in [5, 5.41) is 8.97. The fourth-order valence-corrected chi connectivity index (χ4v) is 5.77. The van der Waals surface area contributed by atoms with Crippen LogP contribution in [-0.4, -0.2) is 86.8 Å². The fourth-order valence-electron chi connectivity index (χ4n) is 3.36. The molecule has 14 nitrogen and oxygen atoms in total. The maximum absolute atomic E-state index is 12.7. The number of nitriles is 1. The summed E-state index contributed by atoms with van der Waals surface area (Å²) < 4.78 is 54.9. The van der Waals surface area contributed by atoms with Crippen LogP contribution in [0.1, 0.15) is 40.3 Å². The predicted octanol–water partition coefficient (Wildman–Crippen LogP) is 3.38. The Kier molecular flexibility index (Phi) is 17.6. The average molecular weight is 609 g/mol. The Labute approximate surface area is 236 Å². The molecule has 1 N–H and O–H groups in total. The van der Waals surface area contributed by atoms with E-state index >= 15 is 0 Å². The first-order chi connectivity index (χ1) is 19.0. The van der Waals surface area contributed by atoms with Crippen molar-refractivity contribution in [3.05, 3.63) is 45.0 Å². The lowest BCUT2D eigenvalue weighted by atomic mass is 10.3. The molecule has 1 heterocycles. The molecule has 0 aromatic carbocycles. The van der Waals surface area contributed by atoms with Crippen LogP contribution in [0.15, 0.2) is 33.7 Å². The molecule has 3 atom stereocenters. The lowest BCUT2D eigenvalue weighted by Gasteiger charge is -2.36. The van der Waals surface area contributed by atoms with Crippen molar-refractivity contribution >= 4 is 16.1 Å². The van der Waals surface area contributed by atoms with Crippen LogP contribution in [0.2, 0.25) is 0 Å². The van der Waals surface area contributed by atoms with Crippen LogP contribution in [0.4, 0.5) is 0 Å². The van der Waals surface area contributed by atoms with E-state index in [0.29, 0.717) is 6.61 Å². The molecule has 0 aliphatic heterocycles. The lowest BCUT2D eigenvalue weighted by Crippen LogP contribution is -2.37. The van der Waals surface area contributed by atoms with E-state index in [2.05, 4.69) is 11.1 Å². The summed E-state index contributed by atoms with van der Waals surface area (Å²) in [6.45, 7) is 8.55. The summed E-state index contributed by atoms with van der Waals surface area (Å²) in [5.74, 6) is 1.24. The molecule has 0 fully saturated rings. The quantitative estimate of drug-likeness (QED) is 0.160. The SMILES string of the molecule is COCCOCC(OC(/C=C/P(=O)(OC)OC)COP(OCCC#N)N(C(C)C)C(C)C)n1ccc(=O)[nH]c1=O. The van der Waals surface area contributed by atoms with E-state index in [1.807, 2.05) is 32.4 Å². The highest BCUT2D eigenvalue weighted by Crippen LogP contribution is 2.49. The van der Waals surface area contributed by atoms with Crippen LogP contribution in [0.3, 0.4) is 0 Å². The fraction of sp³-hybridized carbons (Fsp3) is 0.708. The van der Waals surface area contributed by atoms with Crippen molar-refractivity contribution in [3.8, 4) is 6.07 Å². The molecule has 0 aliphatic carbocycles. The van der Waals surface area contributed by atoms with Gasteiger partial charge in [0.2, 0.25) is 0 Å². The van der Waals surface area contributed by atoms with Gasteiger partial charge in [0.15, 0.2) is 6.23 Å². The molecule has 0 saturated carbocycles. The molecule has 0 bridgehead atoms. The Morgan fingerprint density at radius 1 is 1.07 bits per heavy atom. The smallest absolute Gasteiger partial charge is 0.353 e. The third kappa shape index (κ3) is 12.8. The second kappa shape index (κ2) is 19.4. The van der Waals surface area contributed by atoms with Gasteiger partial charge in [0.1, 0.15) is 6.10 Å². The first kappa shape index (κ1) is 36.3. The van der Waals surface area contributed by atoms with E-state index in [4.69, 9.17) is 37.6 Å². The Hall–Kier alpha value is -1.75. The van der Waals surface area contributed by atoms with Crippen molar-refractivity contribution in [3.63, 3.8) is 0 Å². The van der Waals surface area contributed by atoms with Gasteiger partial charge in [-0.15, -0.1) is 0 Å². The standard InChI is InChI=1S/C24H42N4O10P2/c1-19(2)28(20(3)4)39(36-13-8-11-25)37-17-21(10-16-40(31,33-6)34-7)38-23(18-35-15-14-32-5)27-12-9-22(29)26-24(27)30/h9-10,12,16,19-21,23H,8,13-15,17-18H2,1-7H3,(H,26,29,30)/b16-10+. The van der Waals surface area contributed by atoms with E-state index < -0.39 is 39.7 Å². The number of aromatic nitrogens is 2. The van der Waals surface area contributed by atoms with E-state index in [1.165, 1.54) is 50.1 Å². The number of rotatable bonds is 21. The summed E-state index contributed by atoms with van der Waals surface area (Å²) in [6.07, 6.45) is 1.01. The first-order valence-electron chi connectivity index (χ1n) is 12.7. The van der Waals surface area contributed by atoms with Gasteiger partial charge in [-0.1, -0.05) is 0 Å². The van der Waals surface area contributed by atoms with Gasteiger partial charge in [0, 0.05) is 51.5 Å². The minimum absolute atomic E-state index is 0.0620. The van der Waals surface area contributed by atoms with E-state index in [1.54, 1.807) is 0 Å². The highest BCUT2D eigenvalue weighted by atomic mass is 31.2. The topological polar surface area (TPSA) is 164 Å². The van der Waals surface area contributed by atoms with Crippen LogP contribution in [0, 0.1) is 11.3 Å². The molecule has 0 aliphatic rings. The molecule has 16 heteroatoms. The minimum Gasteiger partial charge on any atom is -0.382 e. The normalized spacial score (nSPS) is 14.7. The first-order valence-corrected chi connectivity index (χ1v) is 15.4. The summed E-state index contributed by atoms with van der Waals surface area (Å²) in [7, 11) is -1.17. The van der Waals surface area contributed by atoms with Gasteiger partial charge in [-0.3, -0.25) is 18.9 Å². The van der Waals surface area contributed by atoms with Crippen LogP contribution < -0.4 is 11.2 Å². The highest BCUT2D eigenvalue weighted by Gasteiger charge is 2.29. The zero-order valence-corrected chi connectivity index (χ0v) is 26.0. The number of nitrogens with one attached hydrogen (secondary N) is 1. The molecule has 0 amide bonds. The minimum atomic E-state index is -3.57. The van der Waals surface area contributed by atoms with Crippen LogP contribution in [0.5, 0.6) is 0 Å². The Balaban J connectivity index is 3.36. The number of aromatic amines is 1. The molecule has 1 rings (SSSR count). The Morgan fingerprint density at radius 2 is 1.75 bits per heavy atom. The number of nitrogens with zero attached hydrogens (tertiary/aromatic N) is 3. The van der Waals surface area contributed by atoms with Crippen LogP contribution in [-0.2, 0) is 36.9 Å². The molecular formula is C24H42N4O10P2. The Bertz CT molecular complexity index is 1070. The molecule has 3 unspecified atom stereocenters. The zero-order chi connectivity index (χ0) is 30.1. The molecule has 1 aromatic rings. The van der Waals surface area contributed by atoms with Gasteiger partial charge in [0.05, 0.1) is 45.5 Å². The molecular weight excluding hydrogens is 566 g/mol. The van der Waals surface area contributed by atoms with Gasteiger partial charge in [-0.05, 0) is 33.8 Å². The number of hydrogen-bond donors (Lipinski definition) is 1. The third-order valence-corrected chi connectivity index (χ3v) is 8.82. The molecule has 0 saturated heterocycles. The van der Waals surface area contributed by atoms with E-state index in [-0.39, 0.29) is 44.9 Å². The number of H-pyrrole nitrogens is 1. The van der Waals surface area contributed by atoms with Crippen molar-refractivity contribution in [2.24, 2.45) is 0 Å². The summed E-state index contributed by atoms with van der Waals surface area (Å²) in [6, 6.07) is 3.36. The third-order valence-electron chi connectivity index (χ3n) is 5.19. The van der Waals surface area contributed by atoms with Crippen LogP contribution >= 0.6 is 16.1 Å². The van der Waals surface area contributed by atoms with Crippen molar-refractivity contribution in [1.82, 2.24) is 14.2 Å². The maximum Gasteiger partial charge on any atom is 0.353 e. The number of ether oxygens (including phenoxy) is 3. The van der Waals surface area contributed by atoms with E-state index in [9.17, 15) is 14.2 Å². The number of methoxy groups -OCH3 is 1. The summed E-state index contributed by atoms with van der Waals surface area (Å²) in [4.78, 5) is 26.4. The molecule has 0 radical (unpaired) electrons. The van der Waals surface area contributed by atoms with E-state index in [0.717, 1.165) is 0 Å². The average Bonchev–Trinajstić information content (AvgIpc) is 2.91. The zero-order valence-electron chi connectivity index (χ0n) is 24.2. The van der Waals surface area contributed by atoms with Gasteiger partial charge in [-0.25, -0.2) is 9.46 Å². The largest absolute Gasteiger partial charge is 0.382 e. The predicted molar refractivity (Wildman–Crippen MR) is 150 cm³/mol. The highest BCUT2D eigenvalue weighted by molar-refractivity contribution is 7.57. The molecule has 40 heavy (non-hydrogen) atoms. The second-order valence-corrected chi connectivity index (χ2v) is 12.4. The van der Waals surface area contributed by atoms with Gasteiger partial charge >= 0.3 is 13.3 Å².